The summed E-state index contributed by atoms with van der Waals surface area (Å²) in [4.78, 5) is 12.7. The van der Waals surface area contributed by atoms with Gasteiger partial charge in [-0.25, -0.2) is 0 Å². The minimum atomic E-state index is -0.195. The number of benzene rings is 2. The summed E-state index contributed by atoms with van der Waals surface area (Å²) < 4.78 is 0. The SMILES string of the molecule is CC(C)(C)c1cc([N-]c2ccccc2)c([O-])c(C(C)(C)C)c1.CC(C)N=C([N-]C(C)C)N(C)C.CC(C)N=C([N-]C(C)C)N(C)C.[Hf+4]. The first kappa shape index (κ1) is 46.6. The van der Waals surface area contributed by atoms with Crippen LogP contribution in [0.4, 0.5) is 11.4 Å². The smallest absolute Gasteiger partial charge is 0.873 e. The Morgan fingerprint density at radius 3 is 1.36 bits per heavy atom. The van der Waals surface area contributed by atoms with Crippen molar-refractivity contribution < 1.29 is 30.9 Å². The van der Waals surface area contributed by atoms with E-state index in [1.54, 1.807) is 0 Å². The standard InChI is InChI=1S/C20H26NO.2C9H20N3.Hf/c1-19(2,3)14-12-16(20(4,5)6)18(22)17(13-14)21-15-10-8-7-9-11-15;2*1-7(2)10-9(12(5)6)11-8(3)4;/h7-13,22H,1-6H3;2*7-8H,1-6H3;/q3*-1;+4/p-1. The molecule has 2 aromatic carbocycles. The summed E-state index contributed by atoms with van der Waals surface area (Å²) in [5, 5.41) is 26.2. The molecule has 0 aliphatic heterocycles. The molecule has 0 aromatic heterocycles. The third-order valence-corrected chi connectivity index (χ3v) is 6.04. The third-order valence-electron chi connectivity index (χ3n) is 6.04. The van der Waals surface area contributed by atoms with Crippen LogP contribution in [0, 0.1) is 0 Å². The molecular weight excluding hydrogens is 749 g/mol. The Balaban J connectivity index is 0. The van der Waals surface area contributed by atoms with Crippen LogP contribution in [0.3, 0.4) is 0 Å². The monoisotopic (exact) mass is 815 g/mol. The van der Waals surface area contributed by atoms with E-state index in [2.05, 4.69) is 123 Å². The maximum Gasteiger partial charge on any atom is 4.00 e. The summed E-state index contributed by atoms with van der Waals surface area (Å²) in [5.41, 5.74) is 3.10. The van der Waals surface area contributed by atoms with Gasteiger partial charge in [0.2, 0.25) is 0 Å². The van der Waals surface area contributed by atoms with Gasteiger partial charge >= 0.3 is 25.8 Å². The first-order valence-electron chi connectivity index (χ1n) is 16.5. The van der Waals surface area contributed by atoms with E-state index in [0.29, 0.717) is 29.9 Å². The molecular formula is C38H65HfN7O. The molecule has 0 saturated heterocycles. The molecule has 47 heavy (non-hydrogen) atoms. The van der Waals surface area contributed by atoms with E-state index in [1.165, 1.54) is 0 Å². The molecule has 8 nitrogen and oxygen atoms in total. The number of rotatable bonds is 6. The predicted molar refractivity (Wildman–Crippen MR) is 202 cm³/mol. The van der Waals surface area contributed by atoms with Gasteiger partial charge in [0.15, 0.2) is 0 Å². The fourth-order valence-corrected chi connectivity index (χ4v) is 3.78. The molecule has 0 amide bonds. The van der Waals surface area contributed by atoms with Crippen molar-refractivity contribution in [2.75, 3.05) is 28.2 Å². The quantitative estimate of drug-likeness (QED) is 0.165. The summed E-state index contributed by atoms with van der Waals surface area (Å²) in [6.07, 6.45) is 0. The Kier molecular flexibility index (Phi) is 21.2. The van der Waals surface area contributed by atoms with Crippen LogP contribution in [0.2, 0.25) is 0 Å². The second kappa shape index (κ2) is 21.4. The minimum Gasteiger partial charge on any atom is -0.873 e. The number of guanidine groups is 2. The zero-order chi connectivity index (χ0) is 36.0. The molecule has 0 saturated carbocycles. The molecule has 9 heteroatoms. The molecule has 0 aliphatic rings. The summed E-state index contributed by atoms with van der Waals surface area (Å²) in [6, 6.07) is 14.9. The van der Waals surface area contributed by atoms with Crippen molar-refractivity contribution in [1.29, 1.82) is 0 Å². The van der Waals surface area contributed by atoms with Crippen LogP contribution >= 0.6 is 0 Å². The van der Waals surface area contributed by atoms with Gasteiger partial charge in [-0.2, -0.15) is 0 Å². The Morgan fingerprint density at radius 2 is 1.06 bits per heavy atom. The van der Waals surface area contributed by atoms with Crippen LogP contribution in [0.25, 0.3) is 16.0 Å². The minimum absolute atomic E-state index is 0. The summed E-state index contributed by atoms with van der Waals surface area (Å²) in [6.45, 7) is 29.1. The first-order valence-corrected chi connectivity index (χ1v) is 16.5. The van der Waals surface area contributed by atoms with Crippen LogP contribution < -0.4 is 5.11 Å². The Morgan fingerprint density at radius 1 is 0.660 bits per heavy atom. The van der Waals surface area contributed by atoms with E-state index in [9.17, 15) is 5.11 Å². The molecule has 0 aliphatic carbocycles. The number of nitrogens with zero attached hydrogens (tertiary/aromatic N) is 7. The molecule has 0 unspecified atom stereocenters. The summed E-state index contributed by atoms with van der Waals surface area (Å²) in [7, 11) is 7.86. The summed E-state index contributed by atoms with van der Waals surface area (Å²) >= 11 is 0. The second-order valence-corrected chi connectivity index (χ2v) is 15.1. The number of hydrogen-bond acceptors (Lipinski definition) is 3. The molecule has 0 heterocycles. The van der Waals surface area contributed by atoms with Crippen molar-refractivity contribution in [1.82, 2.24) is 9.80 Å². The van der Waals surface area contributed by atoms with Crippen LogP contribution in [0.5, 0.6) is 5.75 Å². The average molecular weight is 814 g/mol. The Bertz CT molecular complexity index is 1170. The van der Waals surface area contributed by atoms with Gasteiger partial charge in [0.25, 0.3) is 0 Å². The van der Waals surface area contributed by atoms with Gasteiger partial charge in [-0.05, 0) is 68.8 Å². The molecule has 2 rings (SSSR count). The maximum absolute atomic E-state index is 12.8. The van der Waals surface area contributed by atoms with E-state index in [1.807, 2.05) is 80.5 Å². The molecule has 0 bridgehead atoms. The van der Waals surface area contributed by atoms with Crippen molar-refractivity contribution in [3.63, 3.8) is 0 Å². The topological polar surface area (TPSA) is 96.6 Å². The fourth-order valence-electron chi connectivity index (χ4n) is 3.78. The van der Waals surface area contributed by atoms with Crippen molar-refractivity contribution in [3.8, 4) is 5.75 Å². The van der Waals surface area contributed by atoms with E-state index in [4.69, 9.17) is 0 Å². The summed E-state index contributed by atoms with van der Waals surface area (Å²) in [5.74, 6) is 1.70. The predicted octanol–water partition coefficient (Wildman–Crippen LogP) is 9.88. The number of para-hydroxylation sites is 1. The zero-order valence-electron chi connectivity index (χ0n) is 32.9. The normalized spacial score (nSPS) is 12.1. The largest absolute Gasteiger partial charge is 4.00 e. The van der Waals surface area contributed by atoms with Gasteiger partial charge in [0, 0.05) is 11.9 Å². The molecule has 0 atom stereocenters. The molecule has 0 N–H and O–H groups in total. The van der Waals surface area contributed by atoms with Gasteiger partial charge in [-0.1, -0.05) is 145 Å². The van der Waals surface area contributed by atoms with E-state index < -0.39 is 0 Å². The van der Waals surface area contributed by atoms with Crippen LogP contribution in [-0.4, -0.2) is 74.1 Å². The van der Waals surface area contributed by atoms with E-state index >= 15 is 0 Å². The second-order valence-electron chi connectivity index (χ2n) is 15.1. The van der Waals surface area contributed by atoms with Gasteiger partial charge in [-0.3, -0.25) is 0 Å². The van der Waals surface area contributed by atoms with Gasteiger partial charge < -0.3 is 40.8 Å². The van der Waals surface area contributed by atoms with Gasteiger partial charge in [-0.15, -0.1) is 17.1 Å². The molecule has 262 valence electrons. The van der Waals surface area contributed by atoms with Crippen molar-refractivity contribution in [3.05, 3.63) is 69.5 Å². The number of aliphatic imine (C=N–C) groups is 2. The first-order chi connectivity index (χ1) is 20.9. The van der Waals surface area contributed by atoms with Gasteiger partial charge in [0.05, 0.1) is 0 Å². The Hall–Kier alpha value is -2.55. The maximum atomic E-state index is 12.8. The Labute approximate surface area is 308 Å². The van der Waals surface area contributed by atoms with Crippen LogP contribution in [0.1, 0.15) is 108 Å². The molecule has 2 aromatic rings. The van der Waals surface area contributed by atoms with Crippen molar-refractivity contribution in [2.45, 2.75) is 132 Å². The van der Waals surface area contributed by atoms with E-state index in [-0.39, 0.29) is 42.4 Å². The number of hydrogen-bond donors (Lipinski definition) is 0. The molecule has 0 radical (unpaired) electrons. The van der Waals surface area contributed by atoms with Crippen LogP contribution in [-0.2, 0) is 36.7 Å². The van der Waals surface area contributed by atoms with E-state index in [0.717, 1.165) is 28.7 Å². The molecule has 0 fully saturated rings. The van der Waals surface area contributed by atoms with Crippen molar-refractivity contribution >= 4 is 23.3 Å². The molecule has 0 spiro atoms. The fraction of sp³-hybridized carbons (Fsp3) is 0.632. The average Bonchev–Trinajstić information content (AvgIpc) is 2.88. The zero-order valence-corrected chi connectivity index (χ0v) is 36.5. The van der Waals surface area contributed by atoms with Gasteiger partial charge in [0.1, 0.15) is 0 Å². The van der Waals surface area contributed by atoms with Crippen molar-refractivity contribution in [2.24, 2.45) is 9.98 Å². The third kappa shape index (κ3) is 19.8. The van der Waals surface area contributed by atoms with Crippen LogP contribution in [0.15, 0.2) is 52.4 Å².